The number of nitrogens with zero attached hydrogens (tertiary/aromatic N) is 1. The Labute approximate surface area is 58.7 Å². The van der Waals surface area contributed by atoms with Crippen LogP contribution in [0.15, 0.2) is 0 Å². The lowest BCUT2D eigenvalue weighted by Crippen LogP contribution is -2.14. The molecule has 0 atom stereocenters. The Morgan fingerprint density at radius 1 is 1.80 bits per heavy atom. The van der Waals surface area contributed by atoms with Crippen LogP contribution in [0.5, 0.6) is 0 Å². The van der Waals surface area contributed by atoms with Gasteiger partial charge in [-0.3, -0.25) is 5.10 Å². The van der Waals surface area contributed by atoms with Gasteiger partial charge in [-0.25, -0.2) is 4.79 Å². The first-order chi connectivity index (χ1) is 4.63. The zero-order valence-electron chi connectivity index (χ0n) is 5.38. The minimum Gasteiger partial charge on any atom is -0.476 e. The van der Waals surface area contributed by atoms with Gasteiger partial charge in [0, 0.05) is 5.69 Å². The fraction of sp³-hybridized carbons (Fsp3) is 0.200. The Kier molecular flexibility index (Phi) is 1.49. The summed E-state index contributed by atoms with van der Waals surface area (Å²) in [6, 6.07) is 0. The topological polar surface area (TPSA) is 66.0 Å². The van der Waals surface area contributed by atoms with Crippen LogP contribution in [-0.4, -0.2) is 29.1 Å². The van der Waals surface area contributed by atoms with E-state index in [2.05, 4.69) is 10.2 Å². The van der Waals surface area contributed by atoms with E-state index in [0.29, 0.717) is 5.69 Å². The SMILES string of the molecule is [B]c1c(C(=O)O)n[nH]c1C. The van der Waals surface area contributed by atoms with E-state index in [9.17, 15) is 4.79 Å². The summed E-state index contributed by atoms with van der Waals surface area (Å²) in [7, 11) is 5.33. The Balaban J connectivity index is 3.17. The first-order valence-corrected chi connectivity index (χ1v) is 2.66. The summed E-state index contributed by atoms with van der Waals surface area (Å²) in [5.41, 5.74) is 0.669. The number of aromatic carboxylic acids is 1. The van der Waals surface area contributed by atoms with Crippen molar-refractivity contribution in [3.05, 3.63) is 11.4 Å². The number of carboxylic acid groups (broad SMARTS) is 1. The largest absolute Gasteiger partial charge is 0.476 e. The number of hydrogen-bond donors (Lipinski definition) is 2. The standard InChI is InChI=1S/C5H5BN2O2/c1-2-3(6)4(5(9)10)8-7-2/h1H3,(H,7,8)(H,9,10). The quantitative estimate of drug-likeness (QED) is 0.497. The normalized spacial score (nSPS) is 9.70. The molecule has 0 spiro atoms. The molecular weight excluding hydrogens is 131 g/mol. The zero-order chi connectivity index (χ0) is 7.72. The molecule has 2 N–H and O–H groups in total. The minimum atomic E-state index is -1.11. The Morgan fingerprint density at radius 2 is 2.40 bits per heavy atom. The molecule has 0 aromatic carbocycles. The molecule has 0 fully saturated rings. The highest BCUT2D eigenvalue weighted by Gasteiger charge is 2.10. The van der Waals surface area contributed by atoms with Gasteiger partial charge in [-0.2, -0.15) is 5.10 Å². The monoisotopic (exact) mass is 136 g/mol. The molecule has 0 aliphatic carbocycles. The lowest BCUT2D eigenvalue weighted by Gasteiger charge is -1.87. The zero-order valence-corrected chi connectivity index (χ0v) is 5.38. The molecule has 10 heavy (non-hydrogen) atoms. The average molecular weight is 136 g/mol. The fourth-order valence-electron chi connectivity index (χ4n) is 0.601. The summed E-state index contributed by atoms with van der Waals surface area (Å²) in [5, 5.41) is 14.3. The number of aromatic nitrogens is 2. The third kappa shape index (κ3) is 0.898. The predicted octanol–water partition coefficient (Wildman–Crippen LogP) is -0.790. The van der Waals surface area contributed by atoms with E-state index >= 15 is 0 Å². The smallest absolute Gasteiger partial charge is 0.355 e. The molecule has 0 saturated heterocycles. The number of carbonyl (C=O) groups is 1. The summed E-state index contributed by atoms with van der Waals surface area (Å²) in [6.45, 7) is 1.66. The Morgan fingerprint density at radius 3 is 2.60 bits per heavy atom. The summed E-state index contributed by atoms with van der Waals surface area (Å²) < 4.78 is 0. The van der Waals surface area contributed by atoms with Crippen molar-refractivity contribution in [3.8, 4) is 0 Å². The van der Waals surface area contributed by atoms with E-state index in [0.717, 1.165) is 0 Å². The van der Waals surface area contributed by atoms with Crippen LogP contribution >= 0.6 is 0 Å². The van der Waals surface area contributed by atoms with Crippen LogP contribution in [0.4, 0.5) is 0 Å². The van der Waals surface area contributed by atoms with Crippen LogP contribution in [-0.2, 0) is 0 Å². The highest BCUT2D eigenvalue weighted by molar-refractivity contribution is 6.36. The first-order valence-electron chi connectivity index (χ1n) is 2.66. The van der Waals surface area contributed by atoms with Gasteiger partial charge in [0.15, 0.2) is 5.69 Å². The van der Waals surface area contributed by atoms with Gasteiger partial charge in [-0.15, -0.1) is 0 Å². The molecule has 2 radical (unpaired) electrons. The maximum absolute atomic E-state index is 10.3. The van der Waals surface area contributed by atoms with Gasteiger partial charge in [-0.05, 0) is 12.4 Å². The maximum Gasteiger partial charge on any atom is 0.355 e. The molecule has 0 aliphatic rings. The van der Waals surface area contributed by atoms with E-state index in [1.165, 1.54) is 0 Å². The molecule has 50 valence electrons. The Hall–Kier alpha value is -1.26. The number of aryl methyl sites for hydroxylation is 1. The van der Waals surface area contributed by atoms with Crippen LogP contribution < -0.4 is 5.46 Å². The number of carboxylic acids is 1. The second-order valence-electron chi connectivity index (χ2n) is 1.92. The van der Waals surface area contributed by atoms with E-state index in [1.807, 2.05) is 0 Å². The lowest BCUT2D eigenvalue weighted by molar-refractivity contribution is 0.0692. The number of H-pyrrole nitrogens is 1. The van der Waals surface area contributed by atoms with Gasteiger partial charge >= 0.3 is 5.97 Å². The molecule has 4 nitrogen and oxygen atoms in total. The summed E-state index contributed by atoms with van der Waals surface area (Å²) in [6.07, 6.45) is 0. The second kappa shape index (κ2) is 2.17. The van der Waals surface area contributed by atoms with Crippen molar-refractivity contribution in [1.82, 2.24) is 10.2 Å². The van der Waals surface area contributed by atoms with Gasteiger partial charge in [-0.1, -0.05) is 0 Å². The molecule has 0 saturated carbocycles. The van der Waals surface area contributed by atoms with Gasteiger partial charge in [0.2, 0.25) is 0 Å². The van der Waals surface area contributed by atoms with Crippen LogP contribution in [0, 0.1) is 6.92 Å². The highest BCUT2D eigenvalue weighted by atomic mass is 16.4. The third-order valence-electron chi connectivity index (χ3n) is 1.20. The van der Waals surface area contributed by atoms with Crippen molar-refractivity contribution in [2.24, 2.45) is 0 Å². The van der Waals surface area contributed by atoms with Crippen LogP contribution in [0.3, 0.4) is 0 Å². The van der Waals surface area contributed by atoms with Crippen molar-refractivity contribution in [2.75, 3.05) is 0 Å². The van der Waals surface area contributed by atoms with E-state index in [-0.39, 0.29) is 11.2 Å². The molecule has 1 aromatic heterocycles. The van der Waals surface area contributed by atoms with Crippen molar-refractivity contribution in [2.45, 2.75) is 6.92 Å². The highest BCUT2D eigenvalue weighted by Crippen LogP contribution is 1.91. The van der Waals surface area contributed by atoms with Crippen molar-refractivity contribution >= 4 is 19.3 Å². The summed E-state index contributed by atoms with van der Waals surface area (Å²) in [5.74, 6) is -1.11. The molecule has 1 heterocycles. The molecule has 0 aliphatic heterocycles. The van der Waals surface area contributed by atoms with Gasteiger partial charge in [0.25, 0.3) is 0 Å². The van der Waals surface area contributed by atoms with Crippen molar-refractivity contribution < 1.29 is 9.90 Å². The first kappa shape index (κ1) is 6.86. The molecule has 0 amide bonds. The van der Waals surface area contributed by atoms with Crippen LogP contribution in [0.2, 0.25) is 0 Å². The number of rotatable bonds is 1. The molecule has 0 bridgehead atoms. The molecule has 0 unspecified atom stereocenters. The lowest BCUT2D eigenvalue weighted by atomic mass is 9.94. The minimum absolute atomic E-state index is 0.113. The molecule has 1 rings (SSSR count). The summed E-state index contributed by atoms with van der Waals surface area (Å²) >= 11 is 0. The predicted molar refractivity (Wildman–Crippen MR) is 35.7 cm³/mol. The molecular formula is C5H5BN2O2. The molecule has 5 heteroatoms. The molecule has 1 aromatic rings. The van der Waals surface area contributed by atoms with E-state index in [4.69, 9.17) is 13.0 Å². The second-order valence-corrected chi connectivity index (χ2v) is 1.92. The van der Waals surface area contributed by atoms with Crippen LogP contribution in [0.1, 0.15) is 16.2 Å². The average Bonchev–Trinajstić information content (AvgIpc) is 2.14. The fourth-order valence-corrected chi connectivity index (χ4v) is 0.601. The van der Waals surface area contributed by atoms with Gasteiger partial charge in [0.05, 0.1) is 0 Å². The van der Waals surface area contributed by atoms with Gasteiger partial charge < -0.3 is 5.11 Å². The van der Waals surface area contributed by atoms with E-state index in [1.54, 1.807) is 6.92 Å². The third-order valence-corrected chi connectivity index (χ3v) is 1.20. The maximum atomic E-state index is 10.3. The number of hydrogen-bond acceptors (Lipinski definition) is 2. The van der Waals surface area contributed by atoms with Gasteiger partial charge in [0.1, 0.15) is 7.85 Å². The van der Waals surface area contributed by atoms with Crippen LogP contribution in [0.25, 0.3) is 0 Å². The number of nitrogens with one attached hydrogen (secondary N) is 1. The Bertz CT molecular complexity index is 269. The number of aromatic amines is 1. The van der Waals surface area contributed by atoms with Crippen molar-refractivity contribution in [3.63, 3.8) is 0 Å². The van der Waals surface area contributed by atoms with E-state index < -0.39 is 5.97 Å². The van der Waals surface area contributed by atoms with Crippen molar-refractivity contribution in [1.29, 1.82) is 0 Å². The summed E-state index contributed by atoms with van der Waals surface area (Å²) in [4.78, 5) is 10.3.